The SMILES string of the molecule is COc1ccc([C@H](Cc2c(Cl)cncc2Cl)OC(=O)c2ccc(N(CCN(C)C)S(C)(=O)=O)c(OCC3CC3)c2)cc1OC. The summed E-state index contributed by atoms with van der Waals surface area (Å²) in [5.41, 5.74) is 1.73. The Morgan fingerprint density at radius 3 is 2.25 bits per heavy atom. The van der Waals surface area contributed by atoms with Gasteiger partial charge in [-0.25, -0.2) is 13.2 Å². The molecule has 13 heteroatoms. The van der Waals surface area contributed by atoms with Crippen LogP contribution in [0.2, 0.25) is 10.0 Å². The van der Waals surface area contributed by atoms with Crippen LogP contribution >= 0.6 is 23.2 Å². The Balaban J connectivity index is 1.70. The predicted octanol–water partition coefficient (Wildman–Crippen LogP) is 5.66. The topological polar surface area (TPSA) is 108 Å². The van der Waals surface area contributed by atoms with E-state index in [2.05, 4.69) is 4.98 Å². The Kier molecular flexibility index (Phi) is 11.2. The molecule has 0 radical (unpaired) electrons. The van der Waals surface area contributed by atoms with Crippen molar-refractivity contribution in [2.45, 2.75) is 25.4 Å². The number of halogens is 2. The molecular weight excluding hydrogens is 629 g/mol. The number of hydrogen-bond acceptors (Lipinski definition) is 9. The summed E-state index contributed by atoms with van der Waals surface area (Å²) >= 11 is 12.9. The molecule has 2 aromatic carbocycles. The molecule has 3 aromatic rings. The molecule has 10 nitrogen and oxygen atoms in total. The lowest BCUT2D eigenvalue weighted by atomic mass is 10.0. The molecule has 44 heavy (non-hydrogen) atoms. The number of esters is 1. The molecule has 1 saturated carbocycles. The van der Waals surface area contributed by atoms with Crippen molar-refractivity contribution < 1.29 is 32.2 Å². The summed E-state index contributed by atoms with van der Waals surface area (Å²) in [5, 5.41) is 0.662. The fraction of sp³-hybridized carbons (Fsp3) is 0.419. The highest BCUT2D eigenvalue weighted by molar-refractivity contribution is 7.92. The summed E-state index contributed by atoms with van der Waals surface area (Å²) in [6, 6.07) is 9.86. The lowest BCUT2D eigenvalue weighted by Crippen LogP contribution is -2.36. The number of nitrogens with zero attached hydrogens (tertiary/aromatic N) is 3. The van der Waals surface area contributed by atoms with E-state index < -0.39 is 22.1 Å². The van der Waals surface area contributed by atoms with Crippen molar-refractivity contribution in [1.82, 2.24) is 9.88 Å². The van der Waals surface area contributed by atoms with Gasteiger partial charge in [0.05, 0.1) is 48.4 Å². The van der Waals surface area contributed by atoms with Gasteiger partial charge in [-0.3, -0.25) is 9.29 Å². The standard InChI is InChI=1S/C31H37Cl2N3O7S/c1-35(2)12-13-36(44(5,38)39)26-10-8-22(15-29(26)42-19-20-6-7-20)31(37)43-28(16-23-24(32)17-34-18-25(23)33)21-9-11-27(40-3)30(14-21)41-4/h8-11,14-15,17-18,20,28H,6-7,12-13,16,19H2,1-5H3/t28-/m0/s1. The first-order chi connectivity index (χ1) is 20.9. The van der Waals surface area contributed by atoms with Crippen LogP contribution in [0.5, 0.6) is 17.2 Å². The van der Waals surface area contributed by atoms with Crippen LogP contribution in [0.15, 0.2) is 48.8 Å². The number of benzene rings is 2. The van der Waals surface area contributed by atoms with Crippen LogP contribution in [-0.4, -0.2) is 78.5 Å². The molecule has 0 amide bonds. The second-order valence-corrected chi connectivity index (χ2v) is 13.6. The molecule has 0 unspecified atom stereocenters. The highest BCUT2D eigenvalue weighted by atomic mass is 35.5. The van der Waals surface area contributed by atoms with Gasteiger partial charge in [-0.2, -0.15) is 0 Å². The zero-order valence-corrected chi connectivity index (χ0v) is 27.7. The molecule has 238 valence electrons. The minimum Gasteiger partial charge on any atom is -0.493 e. The van der Waals surface area contributed by atoms with Gasteiger partial charge in [-0.15, -0.1) is 0 Å². The normalized spacial score (nSPS) is 13.8. The highest BCUT2D eigenvalue weighted by Crippen LogP contribution is 2.38. The van der Waals surface area contributed by atoms with Gasteiger partial charge in [0.15, 0.2) is 11.5 Å². The van der Waals surface area contributed by atoms with Crippen molar-refractivity contribution >= 4 is 44.9 Å². The summed E-state index contributed by atoms with van der Waals surface area (Å²) in [7, 11) is 3.14. The van der Waals surface area contributed by atoms with Crippen LogP contribution < -0.4 is 18.5 Å². The third-order valence-corrected chi connectivity index (χ3v) is 8.99. The van der Waals surface area contributed by atoms with E-state index in [-0.39, 0.29) is 18.5 Å². The molecule has 0 N–H and O–H groups in total. The molecular formula is C31H37Cl2N3O7S. The summed E-state index contributed by atoms with van der Waals surface area (Å²) < 4.78 is 50.0. The van der Waals surface area contributed by atoms with Crippen molar-refractivity contribution in [2.75, 3.05) is 58.6 Å². The van der Waals surface area contributed by atoms with Crippen LogP contribution in [0.1, 0.15) is 40.4 Å². The van der Waals surface area contributed by atoms with Gasteiger partial charge in [-0.1, -0.05) is 29.3 Å². The van der Waals surface area contributed by atoms with Crippen molar-refractivity contribution in [3.8, 4) is 17.2 Å². The fourth-order valence-corrected chi connectivity index (χ4v) is 5.95. The van der Waals surface area contributed by atoms with E-state index in [1.165, 1.54) is 43.1 Å². The Bertz CT molecular complexity index is 1560. The van der Waals surface area contributed by atoms with E-state index in [9.17, 15) is 13.2 Å². The molecule has 1 atom stereocenters. The van der Waals surface area contributed by atoms with E-state index in [0.717, 1.165) is 19.1 Å². The predicted molar refractivity (Wildman–Crippen MR) is 171 cm³/mol. The van der Waals surface area contributed by atoms with Gasteiger partial charge in [0, 0.05) is 31.9 Å². The number of anilines is 1. The van der Waals surface area contributed by atoms with Gasteiger partial charge in [0.1, 0.15) is 11.9 Å². The second kappa shape index (κ2) is 14.7. The number of carbonyl (C=O) groups is 1. The van der Waals surface area contributed by atoms with Crippen LogP contribution in [0.3, 0.4) is 0 Å². The summed E-state index contributed by atoms with van der Waals surface area (Å²) in [6.07, 6.45) is 5.50. The van der Waals surface area contributed by atoms with Crippen LogP contribution in [-0.2, 0) is 21.2 Å². The lowest BCUT2D eigenvalue weighted by molar-refractivity contribution is 0.0296. The summed E-state index contributed by atoms with van der Waals surface area (Å²) in [5.74, 6) is 1.01. The van der Waals surface area contributed by atoms with E-state index >= 15 is 0 Å². The number of aromatic nitrogens is 1. The Hall–Kier alpha value is -3.25. The lowest BCUT2D eigenvalue weighted by Gasteiger charge is -2.26. The Morgan fingerprint density at radius 2 is 1.66 bits per heavy atom. The van der Waals surface area contributed by atoms with Gasteiger partial charge in [0.25, 0.3) is 0 Å². The number of pyridine rings is 1. The third-order valence-electron chi connectivity index (χ3n) is 7.16. The number of rotatable bonds is 15. The molecule has 0 spiro atoms. The van der Waals surface area contributed by atoms with E-state index in [1.54, 1.807) is 24.3 Å². The maximum Gasteiger partial charge on any atom is 0.338 e. The van der Waals surface area contributed by atoms with Crippen LogP contribution in [0.25, 0.3) is 0 Å². The third kappa shape index (κ3) is 8.68. The maximum atomic E-state index is 13.7. The van der Waals surface area contributed by atoms with Crippen LogP contribution in [0.4, 0.5) is 5.69 Å². The zero-order chi connectivity index (χ0) is 32.0. The number of ether oxygens (including phenoxy) is 4. The van der Waals surface area contributed by atoms with Gasteiger partial charge in [0.2, 0.25) is 10.0 Å². The summed E-state index contributed by atoms with van der Waals surface area (Å²) in [6.45, 7) is 1.13. The van der Waals surface area contributed by atoms with E-state index in [1.807, 2.05) is 19.0 Å². The first-order valence-electron chi connectivity index (χ1n) is 14.0. The number of methoxy groups -OCH3 is 2. The quantitative estimate of drug-likeness (QED) is 0.190. The van der Waals surface area contributed by atoms with Crippen molar-refractivity contribution in [3.05, 3.63) is 75.5 Å². The highest BCUT2D eigenvalue weighted by Gasteiger charge is 2.28. The molecule has 0 aliphatic heterocycles. The van der Waals surface area contributed by atoms with Crippen molar-refractivity contribution in [1.29, 1.82) is 0 Å². The summed E-state index contributed by atoms with van der Waals surface area (Å²) in [4.78, 5) is 19.6. The minimum absolute atomic E-state index is 0.150. The fourth-order valence-electron chi connectivity index (χ4n) is 4.51. The molecule has 0 bridgehead atoms. The van der Waals surface area contributed by atoms with Gasteiger partial charge in [-0.05, 0) is 74.3 Å². The molecule has 1 fully saturated rings. The molecule has 1 heterocycles. The average Bonchev–Trinajstić information content (AvgIpc) is 3.81. The average molecular weight is 667 g/mol. The van der Waals surface area contributed by atoms with Crippen molar-refractivity contribution in [3.63, 3.8) is 0 Å². The first-order valence-corrected chi connectivity index (χ1v) is 16.6. The molecule has 4 rings (SSSR count). The zero-order valence-electron chi connectivity index (χ0n) is 25.4. The van der Waals surface area contributed by atoms with Gasteiger partial charge < -0.3 is 23.8 Å². The van der Waals surface area contributed by atoms with Gasteiger partial charge >= 0.3 is 5.97 Å². The smallest absolute Gasteiger partial charge is 0.338 e. The minimum atomic E-state index is -3.64. The Labute approximate surface area is 268 Å². The van der Waals surface area contributed by atoms with E-state index in [0.29, 0.717) is 63.2 Å². The van der Waals surface area contributed by atoms with Crippen LogP contribution in [0, 0.1) is 5.92 Å². The number of likely N-dealkylation sites (N-methyl/N-ethyl adjacent to an activating group) is 1. The monoisotopic (exact) mass is 665 g/mol. The van der Waals surface area contributed by atoms with Crippen molar-refractivity contribution in [2.24, 2.45) is 5.92 Å². The molecule has 0 saturated heterocycles. The number of hydrogen-bond donors (Lipinski definition) is 0. The number of sulfonamides is 1. The maximum absolute atomic E-state index is 13.7. The van der Waals surface area contributed by atoms with E-state index in [4.69, 9.17) is 42.1 Å². The molecule has 1 aliphatic rings. The Morgan fingerprint density at radius 1 is 0.977 bits per heavy atom. The first kappa shape index (κ1) is 33.6. The second-order valence-electron chi connectivity index (χ2n) is 10.9. The number of carbonyl (C=O) groups excluding carboxylic acids is 1. The molecule has 1 aliphatic carbocycles. The largest absolute Gasteiger partial charge is 0.493 e. The molecule has 1 aromatic heterocycles.